The summed E-state index contributed by atoms with van der Waals surface area (Å²) in [5.41, 5.74) is 0.625. The minimum atomic E-state index is 0.174. The van der Waals surface area contributed by atoms with E-state index in [0.29, 0.717) is 31.8 Å². The quantitative estimate of drug-likeness (QED) is 0.802. The fourth-order valence-electron chi connectivity index (χ4n) is 3.28. The Morgan fingerprint density at radius 3 is 2.88 bits per heavy atom. The average molecular weight is 343 g/mol. The van der Waals surface area contributed by atoms with Gasteiger partial charge in [-0.05, 0) is 18.6 Å². The molecule has 2 fully saturated rings. The number of carbonyl (C=O) groups excluding carboxylic acids is 1. The van der Waals surface area contributed by atoms with Gasteiger partial charge in [0.2, 0.25) is 5.91 Å². The van der Waals surface area contributed by atoms with E-state index in [2.05, 4.69) is 27.8 Å². The number of amides is 1. The van der Waals surface area contributed by atoms with Crippen LogP contribution in [0.3, 0.4) is 0 Å². The Balaban J connectivity index is 1.49. The summed E-state index contributed by atoms with van der Waals surface area (Å²) in [5, 5.41) is 9.01. The molecule has 1 atom stereocenters. The largest absolute Gasteiger partial charge is 0.375 e. The Hall–Kier alpha value is -2.17. The van der Waals surface area contributed by atoms with Gasteiger partial charge in [-0.2, -0.15) is 5.26 Å². The summed E-state index contributed by atoms with van der Waals surface area (Å²) in [6.45, 7) is 7.88. The van der Waals surface area contributed by atoms with Crippen LogP contribution in [0.25, 0.3) is 0 Å². The zero-order valence-corrected chi connectivity index (χ0v) is 14.7. The molecule has 0 radical (unpaired) electrons. The van der Waals surface area contributed by atoms with Gasteiger partial charge < -0.3 is 14.5 Å². The van der Waals surface area contributed by atoms with Crippen LogP contribution in [0.5, 0.6) is 0 Å². The summed E-state index contributed by atoms with van der Waals surface area (Å²) >= 11 is 0. The molecular formula is C18H25N5O2. The highest BCUT2D eigenvalue weighted by Crippen LogP contribution is 2.15. The van der Waals surface area contributed by atoms with Crippen LogP contribution in [0.15, 0.2) is 18.3 Å². The maximum Gasteiger partial charge on any atom is 0.236 e. The minimum Gasteiger partial charge on any atom is -0.375 e. The van der Waals surface area contributed by atoms with Crippen molar-refractivity contribution in [3.63, 3.8) is 0 Å². The van der Waals surface area contributed by atoms with E-state index in [9.17, 15) is 4.79 Å². The Bertz CT molecular complexity index is 637. The number of ether oxygens (including phenoxy) is 1. The van der Waals surface area contributed by atoms with Crippen LogP contribution in [-0.2, 0) is 9.53 Å². The van der Waals surface area contributed by atoms with Gasteiger partial charge in [-0.15, -0.1) is 0 Å². The Kier molecular flexibility index (Phi) is 5.84. The van der Waals surface area contributed by atoms with Crippen molar-refractivity contribution in [1.82, 2.24) is 14.8 Å². The number of aromatic nitrogens is 1. The second-order valence-corrected chi connectivity index (χ2v) is 6.52. The van der Waals surface area contributed by atoms with Crippen molar-refractivity contribution in [3.05, 3.63) is 23.9 Å². The smallest absolute Gasteiger partial charge is 0.236 e. The molecule has 3 heterocycles. The van der Waals surface area contributed by atoms with E-state index >= 15 is 0 Å². The third-order valence-corrected chi connectivity index (χ3v) is 4.88. The highest BCUT2D eigenvalue weighted by atomic mass is 16.5. The summed E-state index contributed by atoms with van der Waals surface area (Å²) < 4.78 is 5.64. The number of nitrogens with zero attached hydrogens (tertiary/aromatic N) is 5. The first-order chi connectivity index (χ1) is 12.2. The van der Waals surface area contributed by atoms with Gasteiger partial charge in [0.1, 0.15) is 5.82 Å². The molecule has 1 aromatic heterocycles. The number of hydrogen-bond donors (Lipinski definition) is 0. The predicted octanol–water partition coefficient (Wildman–Crippen LogP) is 0.713. The molecule has 1 aromatic rings. The van der Waals surface area contributed by atoms with Crippen LogP contribution >= 0.6 is 0 Å². The van der Waals surface area contributed by atoms with Crippen LogP contribution in [0.4, 0.5) is 5.82 Å². The normalized spacial score (nSPS) is 21.8. The summed E-state index contributed by atoms with van der Waals surface area (Å²) in [4.78, 5) is 23.2. The third kappa shape index (κ3) is 4.47. The molecule has 7 heteroatoms. The first-order valence-corrected chi connectivity index (χ1v) is 8.92. The summed E-state index contributed by atoms with van der Waals surface area (Å²) in [6.07, 6.45) is 2.79. The van der Waals surface area contributed by atoms with Crippen LogP contribution in [0.1, 0.15) is 18.9 Å². The second-order valence-electron chi connectivity index (χ2n) is 6.52. The van der Waals surface area contributed by atoms with Crippen molar-refractivity contribution in [3.8, 4) is 6.07 Å². The standard InChI is InChI=1S/C18H25N5O2/c1-2-16-13-23(9-10-25-16)18(24)14-21-5-7-22(8-6-21)17-11-15(12-19)3-4-20-17/h3-4,11,16H,2,5-10,13-14H2,1H3/t16-/m1/s1. The third-order valence-electron chi connectivity index (χ3n) is 4.88. The molecule has 0 spiro atoms. The van der Waals surface area contributed by atoms with E-state index in [0.717, 1.165) is 38.4 Å². The van der Waals surface area contributed by atoms with E-state index in [1.165, 1.54) is 0 Å². The lowest BCUT2D eigenvalue weighted by Crippen LogP contribution is -2.52. The van der Waals surface area contributed by atoms with Gasteiger partial charge in [-0.3, -0.25) is 9.69 Å². The highest BCUT2D eigenvalue weighted by molar-refractivity contribution is 5.78. The number of anilines is 1. The van der Waals surface area contributed by atoms with Crippen molar-refractivity contribution in [2.24, 2.45) is 0 Å². The van der Waals surface area contributed by atoms with Gasteiger partial charge >= 0.3 is 0 Å². The molecular weight excluding hydrogens is 318 g/mol. The molecule has 0 N–H and O–H groups in total. The van der Waals surface area contributed by atoms with Crippen molar-refractivity contribution in [2.45, 2.75) is 19.4 Å². The lowest BCUT2D eigenvalue weighted by atomic mass is 10.2. The Morgan fingerprint density at radius 1 is 1.36 bits per heavy atom. The van der Waals surface area contributed by atoms with Crippen molar-refractivity contribution < 1.29 is 9.53 Å². The summed E-state index contributed by atoms with van der Waals surface area (Å²) in [5.74, 6) is 1.03. The number of carbonyl (C=O) groups is 1. The maximum atomic E-state index is 12.5. The van der Waals surface area contributed by atoms with E-state index in [-0.39, 0.29) is 12.0 Å². The Morgan fingerprint density at radius 2 is 2.16 bits per heavy atom. The molecule has 3 rings (SSSR count). The number of pyridine rings is 1. The van der Waals surface area contributed by atoms with Crippen molar-refractivity contribution in [2.75, 3.05) is 57.3 Å². The Labute approximate surface area is 148 Å². The van der Waals surface area contributed by atoms with E-state index in [1.807, 2.05) is 11.0 Å². The number of rotatable bonds is 4. The van der Waals surface area contributed by atoms with Gasteiger partial charge in [0.05, 0.1) is 30.9 Å². The zero-order chi connectivity index (χ0) is 17.6. The second kappa shape index (κ2) is 8.28. The molecule has 25 heavy (non-hydrogen) atoms. The number of hydrogen-bond acceptors (Lipinski definition) is 6. The van der Waals surface area contributed by atoms with Gasteiger partial charge in [0.25, 0.3) is 0 Å². The van der Waals surface area contributed by atoms with Crippen molar-refractivity contribution >= 4 is 11.7 Å². The van der Waals surface area contributed by atoms with Gasteiger partial charge in [-0.1, -0.05) is 6.92 Å². The lowest BCUT2D eigenvalue weighted by molar-refractivity contribution is -0.140. The molecule has 0 bridgehead atoms. The maximum absolute atomic E-state index is 12.5. The fourth-order valence-corrected chi connectivity index (χ4v) is 3.28. The van der Waals surface area contributed by atoms with E-state index in [1.54, 1.807) is 12.3 Å². The van der Waals surface area contributed by atoms with Crippen molar-refractivity contribution in [1.29, 1.82) is 5.26 Å². The summed E-state index contributed by atoms with van der Waals surface area (Å²) in [7, 11) is 0. The zero-order valence-electron chi connectivity index (χ0n) is 14.7. The number of nitriles is 1. The SMILES string of the molecule is CC[C@@H]1CN(C(=O)CN2CCN(c3cc(C#N)ccn3)CC2)CCO1. The molecule has 2 saturated heterocycles. The topological polar surface area (TPSA) is 72.7 Å². The highest BCUT2D eigenvalue weighted by Gasteiger charge is 2.26. The molecule has 1 amide bonds. The number of morpholine rings is 1. The predicted molar refractivity (Wildman–Crippen MR) is 94.2 cm³/mol. The summed E-state index contributed by atoms with van der Waals surface area (Å²) in [6, 6.07) is 5.68. The molecule has 0 aromatic carbocycles. The average Bonchev–Trinajstić information content (AvgIpc) is 2.68. The molecule has 2 aliphatic rings. The molecule has 2 aliphatic heterocycles. The number of piperazine rings is 1. The van der Waals surface area contributed by atoms with E-state index in [4.69, 9.17) is 10.00 Å². The first-order valence-electron chi connectivity index (χ1n) is 8.92. The van der Waals surface area contributed by atoms with Crippen LogP contribution in [-0.4, -0.2) is 79.2 Å². The fraction of sp³-hybridized carbons (Fsp3) is 0.611. The van der Waals surface area contributed by atoms with Gasteiger partial charge in [0, 0.05) is 45.5 Å². The molecule has 7 nitrogen and oxygen atoms in total. The van der Waals surface area contributed by atoms with Crippen LogP contribution in [0.2, 0.25) is 0 Å². The van der Waals surface area contributed by atoms with Crippen LogP contribution < -0.4 is 4.90 Å². The van der Waals surface area contributed by atoms with Crippen LogP contribution in [0, 0.1) is 11.3 Å². The molecule has 0 saturated carbocycles. The first kappa shape index (κ1) is 17.6. The monoisotopic (exact) mass is 343 g/mol. The van der Waals surface area contributed by atoms with Gasteiger partial charge in [-0.25, -0.2) is 4.98 Å². The molecule has 0 unspecified atom stereocenters. The molecule has 134 valence electrons. The molecule has 0 aliphatic carbocycles. The minimum absolute atomic E-state index is 0.174. The van der Waals surface area contributed by atoms with Gasteiger partial charge in [0.15, 0.2) is 0 Å². The van der Waals surface area contributed by atoms with E-state index < -0.39 is 0 Å². The lowest BCUT2D eigenvalue weighted by Gasteiger charge is -2.37.